The van der Waals surface area contributed by atoms with Gasteiger partial charge in [-0.2, -0.15) is 0 Å². The van der Waals surface area contributed by atoms with E-state index >= 15 is 0 Å². The number of rotatable bonds is 6. The molecule has 0 unspecified atom stereocenters. The van der Waals surface area contributed by atoms with Gasteiger partial charge in [0.2, 0.25) is 15.9 Å². The van der Waals surface area contributed by atoms with Crippen molar-refractivity contribution in [2.45, 2.75) is 37.6 Å². The summed E-state index contributed by atoms with van der Waals surface area (Å²) >= 11 is 6.26. The van der Waals surface area contributed by atoms with Crippen LogP contribution in [0, 0.1) is 0 Å². The van der Waals surface area contributed by atoms with Crippen LogP contribution in [0.1, 0.15) is 25.8 Å². The summed E-state index contributed by atoms with van der Waals surface area (Å²) < 4.78 is 38.1. The van der Waals surface area contributed by atoms with Crippen molar-refractivity contribution < 1.29 is 22.7 Å². The fraction of sp³-hybridized carbons (Fsp3) is 0.350. The van der Waals surface area contributed by atoms with Gasteiger partial charge in [-0.25, -0.2) is 13.1 Å². The second-order valence-corrected chi connectivity index (χ2v) is 9.10. The molecule has 0 aromatic heterocycles. The number of anilines is 1. The molecule has 1 amide bonds. The number of nitrogens with one attached hydrogen (secondary N) is 2. The number of benzene rings is 2. The van der Waals surface area contributed by atoms with Crippen LogP contribution in [-0.4, -0.2) is 33.6 Å². The van der Waals surface area contributed by atoms with Crippen LogP contribution in [0.4, 0.5) is 5.69 Å². The van der Waals surface area contributed by atoms with Gasteiger partial charge in [0.05, 0.1) is 29.6 Å². The number of sulfonamides is 1. The molecule has 0 radical (unpaired) electrons. The second kappa shape index (κ2) is 9.02. The Balaban J connectivity index is 1.67. The van der Waals surface area contributed by atoms with Crippen LogP contribution in [0.3, 0.4) is 0 Å². The first-order valence-corrected chi connectivity index (χ1v) is 11.1. The third-order valence-corrected chi connectivity index (χ3v) is 6.02. The normalized spacial score (nSPS) is 13.8. The minimum absolute atomic E-state index is 0.0886. The molecular weight excluding hydrogens is 416 g/mol. The van der Waals surface area contributed by atoms with Crippen LogP contribution in [0.15, 0.2) is 41.3 Å². The molecule has 29 heavy (non-hydrogen) atoms. The average molecular weight is 439 g/mol. The Kier molecular flexibility index (Phi) is 6.66. The summed E-state index contributed by atoms with van der Waals surface area (Å²) in [5.41, 5.74) is 1.19. The van der Waals surface area contributed by atoms with Crippen molar-refractivity contribution >= 4 is 33.2 Å². The van der Waals surface area contributed by atoms with Crippen LogP contribution in [-0.2, 0) is 21.2 Å². The van der Waals surface area contributed by atoms with Gasteiger partial charge in [-0.15, -0.1) is 0 Å². The van der Waals surface area contributed by atoms with Crippen molar-refractivity contribution in [2.24, 2.45) is 0 Å². The van der Waals surface area contributed by atoms with Crippen molar-refractivity contribution in [3.8, 4) is 11.5 Å². The number of amides is 1. The van der Waals surface area contributed by atoms with E-state index in [4.69, 9.17) is 21.1 Å². The molecule has 3 rings (SSSR count). The monoisotopic (exact) mass is 438 g/mol. The molecule has 1 aliphatic heterocycles. The van der Waals surface area contributed by atoms with Crippen LogP contribution in [0.5, 0.6) is 11.5 Å². The molecule has 7 nitrogen and oxygen atoms in total. The lowest BCUT2D eigenvalue weighted by Gasteiger charge is -2.12. The highest BCUT2D eigenvalue weighted by Gasteiger charge is 2.18. The van der Waals surface area contributed by atoms with Gasteiger partial charge in [-0.1, -0.05) is 11.6 Å². The molecule has 9 heteroatoms. The number of carbonyl (C=O) groups is 1. The zero-order chi connectivity index (χ0) is 21.0. The molecule has 0 fully saturated rings. The van der Waals surface area contributed by atoms with E-state index in [2.05, 4.69) is 10.0 Å². The molecular formula is C20H23ClN2O5S. The molecule has 2 aromatic rings. The zero-order valence-corrected chi connectivity index (χ0v) is 17.8. The lowest BCUT2D eigenvalue weighted by Crippen LogP contribution is -2.30. The molecule has 1 heterocycles. The Bertz CT molecular complexity index is 991. The van der Waals surface area contributed by atoms with Gasteiger partial charge in [0.25, 0.3) is 0 Å². The van der Waals surface area contributed by atoms with E-state index in [1.807, 2.05) is 0 Å². The fourth-order valence-corrected chi connectivity index (χ4v) is 4.41. The minimum Gasteiger partial charge on any atom is -0.489 e. The van der Waals surface area contributed by atoms with Crippen LogP contribution < -0.4 is 19.5 Å². The summed E-state index contributed by atoms with van der Waals surface area (Å²) in [6.45, 7) is 4.56. The standard InChI is InChI=1S/C20H23ClN2O5S/c1-13(2)23-29(25,26)16-6-4-15(5-7-16)22-19(24)12-14-10-17(21)20-18(11-14)27-8-3-9-28-20/h4-7,10-11,13,23H,3,8-9,12H2,1-2H3,(H,22,24). The highest BCUT2D eigenvalue weighted by atomic mass is 35.5. The third kappa shape index (κ3) is 5.62. The highest BCUT2D eigenvalue weighted by molar-refractivity contribution is 7.89. The highest BCUT2D eigenvalue weighted by Crippen LogP contribution is 2.38. The van der Waals surface area contributed by atoms with E-state index in [0.29, 0.717) is 41.0 Å². The molecule has 0 saturated carbocycles. The summed E-state index contributed by atoms with van der Waals surface area (Å²) in [6.07, 6.45) is 0.852. The summed E-state index contributed by atoms with van der Waals surface area (Å²) in [4.78, 5) is 12.5. The third-order valence-electron chi connectivity index (χ3n) is 4.07. The number of hydrogen-bond donors (Lipinski definition) is 2. The molecule has 2 aromatic carbocycles. The van der Waals surface area contributed by atoms with E-state index in [1.165, 1.54) is 12.1 Å². The van der Waals surface area contributed by atoms with Crippen LogP contribution >= 0.6 is 11.6 Å². The first-order valence-electron chi connectivity index (χ1n) is 9.25. The average Bonchev–Trinajstić information content (AvgIpc) is 2.87. The summed E-state index contributed by atoms with van der Waals surface area (Å²) in [5, 5.41) is 3.15. The lowest BCUT2D eigenvalue weighted by atomic mass is 10.1. The topological polar surface area (TPSA) is 93.7 Å². The Morgan fingerprint density at radius 3 is 2.52 bits per heavy atom. The largest absolute Gasteiger partial charge is 0.489 e. The van der Waals surface area contributed by atoms with Gasteiger partial charge in [-0.3, -0.25) is 4.79 Å². The van der Waals surface area contributed by atoms with E-state index in [-0.39, 0.29) is 23.3 Å². The maximum absolute atomic E-state index is 12.4. The number of carbonyl (C=O) groups excluding carboxylic acids is 1. The lowest BCUT2D eigenvalue weighted by molar-refractivity contribution is -0.115. The Morgan fingerprint density at radius 1 is 1.14 bits per heavy atom. The van der Waals surface area contributed by atoms with Crippen LogP contribution in [0.2, 0.25) is 5.02 Å². The van der Waals surface area contributed by atoms with Crippen molar-refractivity contribution in [3.63, 3.8) is 0 Å². The molecule has 156 valence electrons. The van der Waals surface area contributed by atoms with Crippen molar-refractivity contribution in [3.05, 3.63) is 47.0 Å². The number of ether oxygens (including phenoxy) is 2. The molecule has 0 atom stereocenters. The molecule has 1 aliphatic rings. The van der Waals surface area contributed by atoms with Crippen LogP contribution in [0.25, 0.3) is 0 Å². The molecule has 0 bridgehead atoms. The maximum Gasteiger partial charge on any atom is 0.240 e. The Morgan fingerprint density at radius 2 is 1.83 bits per heavy atom. The zero-order valence-electron chi connectivity index (χ0n) is 16.2. The summed E-state index contributed by atoms with van der Waals surface area (Å²) in [6, 6.07) is 9.22. The van der Waals surface area contributed by atoms with Gasteiger partial charge < -0.3 is 14.8 Å². The van der Waals surface area contributed by atoms with Crippen molar-refractivity contribution in [1.29, 1.82) is 0 Å². The quantitative estimate of drug-likeness (QED) is 0.721. The van der Waals surface area contributed by atoms with Gasteiger partial charge in [0.15, 0.2) is 11.5 Å². The van der Waals surface area contributed by atoms with E-state index in [1.54, 1.807) is 38.1 Å². The van der Waals surface area contributed by atoms with Crippen molar-refractivity contribution in [1.82, 2.24) is 4.72 Å². The Hall–Kier alpha value is -2.29. The SMILES string of the molecule is CC(C)NS(=O)(=O)c1ccc(NC(=O)Cc2cc(Cl)c3c(c2)OCCCO3)cc1. The fourth-order valence-electron chi connectivity index (χ4n) is 2.87. The van der Waals surface area contributed by atoms with E-state index < -0.39 is 10.0 Å². The van der Waals surface area contributed by atoms with Gasteiger partial charge >= 0.3 is 0 Å². The molecule has 0 saturated heterocycles. The Labute approximate surface area is 175 Å². The van der Waals surface area contributed by atoms with E-state index in [9.17, 15) is 13.2 Å². The van der Waals surface area contributed by atoms with Crippen molar-refractivity contribution in [2.75, 3.05) is 18.5 Å². The van der Waals surface area contributed by atoms with Gasteiger partial charge in [-0.05, 0) is 55.8 Å². The van der Waals surface area contributed by atoms with Gasteiger partial charge in [0.1, 0.15) is 0 Å². The first-order chi connectivity index (χ1) is 13.7. The smallest absolute Gasteiger partial charge is 0.240 e. The number of halogens is 1. The summed E-state index contributed by atoms with van der Waals surface area (Å²) in [7, 11) is -3.57. The predicted octanol–water partition coefficient (Wildman–Crippen LogP) is 3.37. The molecule has 2 N–H and O–H groups in total. The number of fused-ring (bicyclic) bond motifs is 1. The van der Waals surface area contributed by atoms with Gasteiger partial charge in [0, 0.05) is 18.2 Å². The maximum atomic E-state index is 12.4. The molecule has 0 spiro atoms. The minimum atomic E-state index is -3.57. The van der Waals surface area contributed by atoms with E-state index in [0.717, 1.165) is 6.42 Å². The second-order valence-electron chi connectivity index (χ2n) is 6.98. The first kappa shape index (κ1) is 21.4. The predicted molar refractivity (Wildman–Crippen MR) is 111 cm³/mol. The number of hydrogen-bond acceptors (Lipinski definition) is 5. The summed E-state index contributed by atoms with van der Waals surface area (Å²) in [5.74, 6) is 0.775. The molecule has 0 aliphatic carbocycles.